The number of likely N-dealkylation sites (N-methyl/N-ethyl adjacent to an activating group) is 1. The first-order valence-electron chi connectivity index (χ1n) is 12.5. The van der Waals surface area contributed by atoms with Crippen LogP contribution in [0.2, 0.25) is 0 Å². The maximum atomic E-state index is 13.9. The highest BCUT2D eigenvalue weighted by Gasteiger charge is 2.33. The van der Waals surface area contributed by atoms with E-state index in [2.05, 4.69) is 5.32 Å². The number of sulfonamides is 1. The van der Waals surface area contributed by atoms with Crippen LogP contribution < -0.4 is 9.62 Å². The minimum absolute atomic E-state index is 0.0999. The Morgan fingerprint density at radius 2 is 1.46 bits per heavy atom. The number of aryl methyl sites for hydroxylation is 1. The van der Waals surface area contributed by atoms with Crippen molar-refractivity contribution in [2.75, 3.05) is 24.4 Å². The molecule has 0 heterocycles. The van der Waals surface area contributed by atoms with Gasteiger partial charge >= 0.3 is 0 Å². The van der Waals surface area contributed by atoms with Crippen LogP contribution in [0.5, 0.6) is 0 Å². The molecule has 0 aromatic heterocycles. The van der Waals surface area contributed by atoms with Crippen molar-refractivity contribution in [1.29, 1.82) is 0 Å². The normalized spacial score (nSPS) is 12.0. The molecule has 8 heteroatoms. The Morgan fingerprint density at radius 1 is 0.865 bits per heavy atom. The second-order valence-corrected chi connectivity index (χ2v) is 10.5. The Kier molecular flexibility index (Phi) is 9.85. The molecule has 1 unspecified atom stereocenters. The molecule has 1 atom stereocenters. The number of nitrogens with zero attached hydrogens (tertiary/aromatic N) is 2. The van der Waals surface area contributed by atoms with Gasteiger partial charge in [0.1, 0.15) is 12.6 Å². The van der Waals surface area contributed by atoms with Crippen molar-refractivity contribution in [2.24, 2.45) is 0 Å². The minimum Gasteiger partial charge on any atom is -0.357 e. The molecule has 3 aromatic carbocycles. The third-order valence-electron chi connectivity index (χ3n) is 6.37. The van der Waals surface area contributed by atoms with E-state index in [1.807, 2.05) is 56.3 Å². The lowest BCUT2D eigenvalue weighted by Gasteiger charge is -2.33. The van der Waals surface area contributed by atoms with Gasteiger partial charge in [0.15, 0.2) is 0 Å². The van der Waals surface area contributed by atoms with E-state index in [0.29, 0.717) is 24.9 Å². The predicted octanol–water partition coefficient (Wildman–Crippen LogP) is 4.04. The third-order valence-corrected chi connectivity index (χ3v) is 8.14. The topological polar surface area (TPSA) is 86.8 Å². The summed E-state index contributed by atoms with van der Waals surface area (Å²) in [5.41, 5.74) is 2.29. The van der Waals surface area contributed by atoms with Crippen molar-refractivity contribution in [1.82, 2.24) is 10.2 Å². The first-order valence-corrected chi connectivity index (χ1v) is 14.0. The Hall–Kier alpha value is -3.65. The quantitative estimate of drug-likeness (QED) is 0.390. The molecule has 0 saturated heterocycles. The molecular formula is C29H35N3O4S. The van der Waals surface area contributed by atoms with Crippen LogP contribution in [0.1, 0.15) is 31.4 Å². The number of hydrogen-bond donors (Lipinski definition) is 1. The molecule has 2 amide bonds. The largest absolute Gasteiger partial charge is 0.357 e. The number of carbonyl (C=O) groups is 2. The summed E-state index contributed by atoms with van der Waals surface area (Å²) in [6, 6.07) is 24.3. The Balaban J connectivity index is 2.03. The second kappa shape index (κ2) is 13.1. The Labute approximate surface area is 220 Å². The van der Waals surface area contributed by atoms with E-state index in [1.54, 1.807) is 30.3 Å². The number of hydrogen-bond acceptors (Lipinski definition) is 4. The number of benzene rings is 3. The lowest BCUT2D eigenvalue weighted by atomic mass is 10.1. The van der Waals surface area contributed by atoms with Crippen LogP contribution in [0.25, 0.3) is 0 Å². The van der Waals surface area contributed by atoms with Crippen molar-refractivity contribution in [3.8, 4) is 0 Å². The smallest absolute Gasteiger partial charge is 0.264 e. The van der Waals surface area contributed by atoms with Gasteiger partial charge in [0.25, 0.3) is 10.0 Å². The van der Waals surface area contributed by atoms with Crippen LogP contribution in [0.4, 0.5) is 5.69 Å². The molecule has 37 heavy (non-hydrogen) atoms. The molecule has 0 aliphatic carbocycles. The van der Waals surface area contributed by atoms with Gasteiger partial charge in [-0.15, -0.1) is 0 Å². The van der Waals surface area contributed by atoms with Gasteiger partial charge in [-0.25, -0.2) is 8.42 Å². The summed E-state index contributed by atoms with van der Waals surface area (Å²) in [4.78, 5) is 28.2. The Bertz CT molecular complexity index is 1280. The zero-order valence-electron chi connectivity index (χ0n) is 21.6. The molecule has 196 valence electrons. The number of para-hydroxylation sites is 1. The predicted molar refractivity (Wildman–Crippen MR) is 147 cm³/mol. The maximum Gasteiger partial charge on any atom is 0.264 e. The van der Waals surface area contributed by atoms with E-state index < -0.39 is 28.5 Å². The van der Waals surface area contributed by atoms with E-state index >= 15 is 0 Å². The average Bonchev–Trinajstić information content (AvgIpc) is 2.94. The minimum atomic E-state index is -4.06. The van der Waals surface area contributed by atoms with Crippen molar-refractivity contribution in [3.05, 3.63) is 96.1 Å². The van der Waals surface area contributed by atoms with Gasteiger partial charge in [0.2, 0.25) is 11.8 Å². The second-order valence-electron chi connectivity index (χ2n) is 8.67. The molecule has 3 rings (SSSR count). The molecule has 0 aliphatic rings. The Morgan fingerprint density at radius 3 is 2.05 bits per heavy atom. The van der Waals surface area contributed by atoms with Crippen molar-refractivity contribution in [2.45, 2.75) is 44.0 Å². The highest BCUT2D eigenvalue weighted by molar-refractivity contribution is 7.92. The van der Waals surface area contributed by atoms with Gasteiger partial charge in [-0.3, -0.25) is 13.9 Å². The monoisotopic (exact) mass is 521 g/mol. The SMILES string of the molecule is CCc1ccccc1N(CC(=O)N(CCc1ccccc1)C(CC)C(=O)NC)S(=O)(=O)c1ccccc1. The molecule has 3 aromatic rings. The fourth-order valence-electron chi connectivity index (χ4n) is 4.35. The van der Waals surface area contributed by atoms with Crippen LogP contribution in [-0.2, 0) is 32.5 Å². The molecule has 0 radical (unpaired) electrons. The first-order chi connectivity index (χ1) is 17.8. The van der Waals surface area contributed by atoms with Gasteiger partial charge in [-0.2, -0.15) is 0 Å². The van der Waals surface area contributed by atoms with E-state index in [4.69, 9.17) is 0 Å². The third kappa shape index (κ3) is 6.77. The molecule has 0 saturated carbocycles. The zero-order chi connectivity index (χ0) is 26.8. The molecular weight excluding hydrogens is 486 g/mol. The van der Waals surface area contributed by atoms with E-state index in [-0.39, 0.29) is 17.3 Å². The summed E-state index contributed by atoms with van der Waals surface area (Å²) in [5.74, 6) is -0.716. The zero-order valence-corrected chi connectivity index (χ0v) is 22.4. The van der Waals surface area contributed by atoms with Crippen molar-refractivity contribution in [3.63, 3.8) is 0 Å². The van der Waals surface area contributed by atoms with E-state index in [9.17, 15) is 18.0 Å². The molecule has 0 fully saturated rings. The highest BCUT2D eigenvalue weighted by Crippen LogP contribution is 2.28. The van der Waals surface area contributed by atoms with Crippen LogP contribution in [-0.4, -0.2) is 51.3 Å². The van der Waals surface area contributed by atoms with Gasteiger partial charge in [0, 0.05) is 13.6 Å². The number of rotatable bonds is 12. The summed E-state index contributed by atoms with van der Waals surface area (Å²) in [7, 11) is -2.52. The first kappa shape index (κ1) is 27.9. The van der Waals surface area contributed by atoms with Crippen LogP contribution in [0.3, 0.4) is 0 Å². The number of anilines is 1. The van der Waals surface area contributed by atoms with Gasteiger partial charge < -0.3 is 10.2 Å². The fraction of sp³-hybridized carbons (Fsp3) is 0.310. The van der Waals surface area contributed by atoms with Gasteiger partial charge in [-0.05, 0) is 48.6 Å². The van der Waals surface area contributed by atoms with Gasteiger partial charge in [-0.1, -0.05) is 80.6 Å². The summed E-state index contributed by atoms with van der Waals surface area (Å²) in [5, 5.41) is 2.64. The van der Waals surface area contributed by atoms with E-state index in [1.165, 1.54) is 28.4 Å². The van der Waals surface area contributed by atoms with E-state index in [0.717, 1.165) is 11.1 Å². The lowest BCUT2D eigenvalue weighted by Crippen LogP contribution is -2.52. The molecule has 0 spiro atoms. The fourth-order valence-corrected chi connectivity index (χ4v) is 5.82. The molecule has 0 aliphatic heterocycles. The summed E-state index contributed by atoms with van der Waals surface area (Å²) < 4.78 is 28.9. The summed E-state index contributed by atoms with van der Waals surface area (Å²) in [6.45, 7) is 3.65. The van der Waals surface area contributed by atoms with Crippen LogP contribution in [0.15, 0.2) is 89.8 Å². The summed E-state index contributed by atoms with van der Waals surface area (Å²) >= 11 is 0. The van der Waals surface area contributed by atoms with Crippen LogP contribution >= 0.6 is 0 Å². The molecule has 1 N–H and O–H groups in total. The van der Waals surface area contributed by atoms with Gasteiger partial charge in [0.05, 0.1) is 10.6 Å². The standard InChI is InChI=1S/C29H35N3O4S/c1-4-24-16-12-13-19-27(24)32(37(35,36)25-17-10-7-11-18-25)22-28(33)31(26(5-2)29(34)30-3)21-20-23-14-8-6-9-15-23/h6-19,26H,4-5,20-22H2,1-3H3,(H,30,34). The van der Waals surface area contributed by atoms with Crippen molar-refractivity contribution < 1.29 is 18.0 Å². The summed E-state index contributed by atoms with van der Waals surface area (Å²) in [6.07, 6.45) is 1.53. The lowest BCUT2D eigenvalue weighted by molar-refractivity contribution is -0.139. The number of carbonyl (C=O) groups excluding carboxylic acids is 2. The molecule has 7 nitrogen and oxygen atoms in total. The van der Waals surface area contributed by atoms with Crippen LogP contribution in [0, 0.1) is 0 Å². The number of amides is 2. The average molecular weight is 522 g/mol. The van der Waals surface area contributed by atoms with Crippen molar-refractivity contribution >= 4 is 27.5 Å². The maximum absolute atomic E-state index is 13.9. The number of nitrogens with one attached hydrogen (secondary N) is 1. The molecule has 0 bridgehead atoms. The highest BCUT2D eigenvalue weighted by atomic mass is 32.2.